The second-order valence-corrected chi connectivity index (χ2v) is 4.73. The number of halogens is 3. The molecule has 0 unspecified atom stereocenters. The van der Waals surface area contributed by atoms with Crippen LogP contribution in [-0.2, 0) is 21.7 Å². The number of rotatable bonds is 4. The van der Waals surface area contributed by atoms with Crippen molar-refractivity contribution in [2.75, 3.05) is 13.1 Å². The van der Waals surface area contributed by atoms with Gasteiger partial charge in [-0.25, -0.2) is 12.2 Å². The Morgan fingerprint density at radius 3 is 1.65 bits per heavy atom. The van der Waals surface area contributed by atoms with E-state index in [1.54, 1.807) is 0 Å². The SMILES string of the molecule is CCN(CC)C(C)(C)[C-](C)C.[C-]1=CC=CC1.[Cl-].[Cl-].[Cl-].[Ti+3]. The van der Waals surface area contributed by atoms with Gasteiger partial charge in [-0.15, -0.1) is 12.0 Å². The Bertz CT molecular complexity index is 227. The van der Waals surface area contributed by atoms with Crippen molar-refractivity contribution in [2.24, 2.45) is 0 Å². The molecule has 0 aromatic rings. The van der Waals surface area contributed by atoms with Gasteiger partial charge in [-0.3, -0.25) is 6.08 Å². The quantitative estimate of drug-likeness (QED) is 0.352. The summed E-state index contributed by atoms with van der Waals surface area (Å²) in [4.78, 5) is 2.47. The van der Waals surface area contributed by atoms with Crippen LogP contribution >= 0.6 is 0 Å². The van der Waals surface area contributed by atoms with Crippen molar-refractivity contribution in [1.29, 1.82) is 0 Å². The summed E-state index contributed by atoms with van der Waals surface area (Å²) in [6, 6.07) is 0. The normalized spacial score (nSPS) is 11.6. The third-order valence-electron chi connectivity index (χ3n) is 3.36. The van der Waals surface area contributed by atoms with E-state index in [4.69, 9.17) is 0 Å². The van der Waals surface area contributed by atoms with Gasteiger partial charge < -0.3 is 48.0 Å². The fourth-order valence-corrected chi connectivity index (χ4v) is 1.67. The van der Waals surface area contributed by atoms with Crippen LogP contribution in [0.2, 0.25) is 0 Å². The van der Waals surface area contributed by atoms with E-state index in [-0.39, 0.29) is 64.5 Å². The predicted octanol–water partition coefficient (Wildman–Crippen LogP) is -4.96. The molecule has 0 N–H and O–H groups in total. The largest absolute Gasteiger partial charge is 3.00 e. The first-order valence-corrected chi connectivity index (χ1v) is 6.24. The first-order valence-electron chi connectivity index (χ1n) is 6.24. The van der Waals surface area contributed by atoms with Gasteiger partial charge in [0.05, 0.1) is 0 Å². The summed E-state index contributed by atoms with van der Waals surface area (Å²) in [7, 11) is 0. The van der Waals surface area contributed by atoms with Crippen LogP contribution in [0, 0.1) is 12.0 Å². The van der Waals surface area contributed by atoms with Crippen molar-refractivity contribution in [1.82, 2.24) is 4.90 Å². The molecule has 1 aliphatic carbocycles. The molecule has 119 valence electrons. The predicted molar refractivity (Wildman–Crippen MR) is 73.2 cm³/mol. The van der Waals surface area contributed by atoms with Crippen LogP contribution in [0.15, 0.2) is 18.2 Å². The monoisotopic (exact) mass is 374 g/mol. The third kappa shape index (κ3) is 12.7. The average molecular weight is 376 g/mol. The van der Waals surface area contributed by atoms with Gasteiger partial charge in [-0.2, -0.15) is 19.9 Å². The molecule has 0 fully saturated rings. The molecule has 0 atom stereocenters. The van der Waals surface area contributed by atoms with Gasteiger partial charge in [-0.05, 0) is 13.1 Å². The summed E-state index contributed by atoms with van der Waals surface area (Å²) in [5.41, 5.74) is 0.267. The van der Waals surface area contributed by atoms with E-state index in [0.717, 1.165) is 19.5 Å². The van der Waals surface area contributed by atoms with Crippen molar-refractivity contribution in [3.05, 3.63) is 30.2 Å². The van der Waals surface area contributed by atoms with Crippen LogP contribution in [0.25, 0.3) is 0 Å². The first kappa shape index (κ1) is 32.8. The minimum absolute atomic E-state index is 0. The van der Waals surface area contributed by atoms with Crippen molar-refractivity contribution in [3.63, 3.8) is 0 Å². The Morgan fingerprint density at radius 2 is 1.55 bits per heavy atom. The summed E-state index contributed by atoms with van der Waals surface area (Å²) in [6.45, 7) is 15.7. The summed E-state index contributed by atoms with van der Waals surface area (Å²) < 4.78 is 0. The zero-order chi connectivity index (χ0) is 12.6. The molecule has 1 rings (SSSR count). The van der Waals surface area contributed by atoms with Crippen molar-refractivity contribution in [3.8, 4) is 0 Å². The molecule has 1 aliphatic rings. The number of hydrogen-bond donors (Lipinski definition) is 0. The molecule has 0 aromatic carbocycles. The smallest absolute Gasteiger partial charge is 1.00 e. The van der Waals surface area contributed by atoms with Gasteiger partial charge in [-0.1, -0.05) is 27.7 Å². The van der Waals surface area contributed by atoms with Gasteiger partial charge in [0.1, 0.15) is 0 Å². The Labute approximate surface area is 160 Å². The van der Waals surface area contributed by atoms with E-state index in [9.17, 15) is 0 Å². The zero-order valence-electron chi connectivity index (χ0n) is 13.4. The molecule has 0 aliphatic heterocycles. The van der Waals surface area contributed by atoms with Crippen LogP contribution in [0.5, 0.6) is 0 Å². The maximum Gasteiger partial charge on any atom is 3.00 e. The summed E-state index contributed by atoms with van der Waals surface area (Å²) in [5, 5.41) is 0. The van der Waals surface area contributed by atoms with Crippen LogP contribution in [0.1, 0.15) is 48.0 Å². The number of hydrogen-bond acceptors (Lipinski definition) is 1. The molecular weight excluding hydrogens is 348 g/mol. The molecule has 1 radical (unpaired) electrons. The molecular formula is C15H27Cl3NTi-2. The van der Waals surface area contributed by atoms with E-state index >= 15 is 0 Å². The zero-order valence-corrected chi connectivity index (χ0v) is 17.3. The van der Waals surface area contributed by atoms with Gasteiger partial charge >= 0.3 is 21.7 Å². The standard InChI is InChI=1S/C10H22N.C5H5.3ClH.Ti/c1-7-11(8-2)10(5,6)9(3)4;1-2-4-5-3-1;;;;/h7-8H2,1-6H3;1-3H,4H2;3*1H;/q2*-1;;;;+3/p-3. The van der Waals surface area contributed by atoms with Gasteiger partial charge in [0.25, 0.3) is 0 Å². The second-order valence-electron chi connectivity index (χ2n) is 4.73. The van der Waals surface area contributed by atoms with Crippen LogP contribution in [0.4, 0.5) is 0 Å². The fourth-order valence-electron chi connectivity index (χ4n) is 1.67. The van der Waals surface area contributed by atoms with E-state index in [0.29, 0.717) is 0 Å². The molecule has 0 spiro atoms. The van der Waals surface area contributed by atoms with Crippen LogP contribution in [-0.4, -0.2) is 23.5 Å². The Morgan fingerprint density at radius 1 is 1.10 bits per heavy atom. The molecule has 0 aromatic heterocycles. The van der Waals surface area contributed by atoms with E-state index < -0.39 is 0 Å². The first-order chi connectivity index (χ1) is 7.46. The molecule has 0 saturated heterocycles. The van der Waals surface area contributed by atoms with E-state index in [1.165, 1.54) is 5.92 Å². The van der Waals surface area contributed by atoms with Crippen molar-refractivity contribution < 1.29 is 58.9 Å². The fraction of sp³-hybridized carbons (Fsp3) is 0.667. The van der Waals surface area contributed by atoms with Gasteiger partial charge in [0, 0.05) is 0 Å². The summed E-state index contributed by atoms with van der Waals surface area (Å²) >= 11 is 0. The van der Waals surface area contributed by atoms with E-state index in [2.05, 4.69) is 58.6 Å². The molecule has 0 heterocycles. The topological polar surface area (TPSA) is 3.24 Å². The molecule has 0 saturated carbocycles. The van der Waals surface area contributed by atoms with Gasteiger partial charge in [0.15, 0.2) is 0 Å². The number of nitrogens with zero attached hydrogens (tertiary/aromatic N) is 1. The van der Waals surface area contributed by atoms with E-state index in [1.807, 2.05) is 12.2 Å². The summed E-state index contributed by atoms with van der Waals surface area (Å²) in [6.07, 6.45) is 10.0. The molecule has 1 nitrogen and oxygen atoms in total. The Balaban J connectivity index is -0.0000000722. The molecule has 0 bridgehead atoms. The number of allylic oxidation sites excluding steroid dienone is 4. The molecule has 20 heavy (non-hydrogen) atoms. The average Bonchev–Trinajstić information content (AvgIpc) is 2.76. The third-order valence-corrected chi connectivity index (χ3v) is 3.36. The molecule has 5 heteroatoms. The van der Waals surface area contributed by atoms with Crippen LogP contribution < -0.4 is 37.2 Å². The van der Waals surface area contributed by atoms with Crippen molar-refractivity contribution in [2.45, 2.75) is 53.5 Å². The second kappa shape index (κ2) is 18.1. The van der Waals surface area contributed by atoms with Gasteiger partial charge in [0.2, 0.25) is 0 Å². The van der Waals surface area contributed by atoms with Crippen molar-refractivity contribution >= 4 is 0 Å². The summed E-state index contributed by atoms with van der Waals surface area (Å²) in [5.74, 6) is 1.49. The minimum Gasteiger partial charge on any atom is -1.00 e. The maximum atomic E-state index is 2.99. The Hall–Kier alpha value is 1.02. The Kier molecular flexibility index (Phi) is 29.7. The minimum atomic E-state index is 0. The molecule has 0 amide bonds. The van der Waals surface area contributed by atoms with Crippen LogP contribution in [0.3, 0.4) is 0 Å². The maximum absolute atomic E-state index is 2.99.